The van der Waals surface area contributed by atoms with E-state index in [-0.39, 0.29) is 0 Å². The van der Waals surface area contributed by atoms with Gasteiger partial charge in [0.05, 0.1) is 12.6 Å². The highest BCUT2D eigenvalue weighted by Gasteiger charge is 2.06. The van der Waals surface area contributed by atoms with Gasteiger partial charge in [-0.1, -0.05) is 18.2 Å². The minimum absolute atomic E-state index is 0.507. The van der Waals surface area contributed by atoms with Crippen LogP contribution in [0.4, 0.5) is 11.6 Å². The Morgan fingerprint density at radius 3 is 2.85 bits per heavy atom. The number of H-pyrrole nitrogens is 1. The molecule has 26 heavy (non-hydrogen) atoms. The molecular formula is C20H19N5O. The number of nitrogen functional groups attached to an aromatic ring is 1. The Morgan fingerprint density at radius 2 is 1.96 bits per heavy atom. The van der Waals surface area contributed by atoms with Crippen molar-refractivity contribution in [3.8, 4) is 16.9 Å². The molecule has 2 heterocycles. The number of fused-ring (bicyclic) bond motifs is 1. The van der Waals surface area contributed by atoms with Crippen molar-refractivity contribution in [3.63, 3.8) is 0 Å². The fraction of sp³-hybridized carbons (Fsp3) is 0.100. The summed E-state index contributed by atoms with van der Waals surface area (Å²) >= 11 is 0. The lowest BCUT2D eigenvalue weighted by molar-refractivity contribution is 0.414. The summed E-state index contributed by atoms with van der Waals surface area (Å²) in [6.45, 7) is 0.668. The van der Waals surface area contributed by atoms with Crippen LogP contribution in [-0.4, -0.2) is 22.3 Å². The van der Waals surface area contributed by atoms with Crippen LogP contribution in [0.1, 0.15) is 5.56 Å². The summed E-state index contributed by atoms with van der Waals surface area (Å²) in [5.74, 6) is 2.16. The van der Waals surface area contributed by atoms with E-state index in [2.05, 4.69) is 26.6 Å². The van der Waals surface area contributed by atoms with Crippen LogP contribution >= 0.6 is 0 Å². The molecule has 130 valence electrons. The minimum atomic E-state index is 0.507. The number of nitrogens with one attached hydrogen (secondary N) is 2. The van der Waals surface area contributed by atoms with Crippen LogP contribution < -0.4 is 15.8 Å². The number of rotatable bonds is 5. The van der Waals surface area contributed by atoms with Gasteiger partial charge < -0.3 is 15.8 Å². The van der Waals surface area contributed by atoms with Crippen LogP contribution in [0.5, 0.6) is 5.75 Å². The van der Waals surface area contributed by atoms with Crippen LogP contribution in [0.3, 0.4) is 0 Å². The fourth-order valence-electron chi connectivity index (χ4n) is 2.90. The highest BCUT2D eigenvalue weighted by molar-refractivity contribution is 5.92. The van der Waals surface area contributed by atoms with Gasteiger partial charge in [-0.15, -0.1) is 0 Å². The first kappa shape index (κ1) is 16.0. The van der Waals surface area contributed by atoms with Crippen molar-refractivity contribution < 1.29 is 4.74 Å². The Labute approximate surface area is 151 Å². The van der Waals surface area contributed by atoms with Crippen molar-refractivity contribution in [2.45, 2.75) is 6.54 Å². The lowest BCUT2D eigenvalue weighted by Gasteiger charge is -2.09. The van der Waals surface area contributed by atoms with E-state index in [4.69, 9.17) is 10.5 Å². The molecule has 0 amide bonds. The topological polar surface area (TPSA) is 88.8 Å². The predicted molar refractivity (Wildman–Crippen MR) is 104 cm³/mol. The van der Waals surface area contributed by atoms with E-state index >= 15 is 0 Å². The number of pyridine rings is 1. The Kier molecular flexibility index (Phi) is 4.15. The monoisotopic (exact) mass is 345 g/mol. The van der Waals surface area contributed by atoms with Crippen molar-refractivity contribution in [2.75, 3.05) is 18.2 Å². The Bertz CT molecular complexity index is 1060. The van der Waals surface area contributed by atoms with Gasteiger partial charge in [-0.25, -0.2) is 4.98 Å². The minimum Gasteiger partial charge on any atom is -0.497 e. The van der Waals surface area contributed by atoms with E-state index in [1.54, 1.807) is 13.3 Å². The van der Waals surface area contributed by atoms with Gasteiger partial charge in [-0.05, 0) is 53.1 Å². The quantitative estimate of drug-likeness (QED) is 0.511. The van der Waals surface area contributed by atoms with Gasteiger partial charge >= 0.3 is 0 Å². The van der Waals surface area contributed by atoms with E-state index in [0.717, 1.165) is 39.2 Å². The molecule has 4 rings (SSSR count). The second kappa shape index (κ2) is 6.76. The second-order valence-electron chi connectivity index (χ2n) is 6.00. The molecule has 4 aromatic rings. The van der Waals surface area contributed by atoms with Gasteiger partial charge in [0.2, 0.25) is 0 Å². The average Bonchev–Trinajstić information content (AvgIpc) is 3.07. The molecule has 0 atom stereocenters. The standard InChI is InChI=1S/C20H19N5O/c1-26-16-4-2-3-13(9-16)12-23-19-11-15(7-8-22-19)14-5-6-18-17(10-14)20(21)25-24-18/h2-11H,12H2,1H3,(H,22,23)(H3,21,24,25). The number of anilines is 2. The van der Waals surface area contributed by atoms with Crippen molar-refractivity contribution in [2.24, 2.45) is 0 Å². The molecule has 0 aliphatic heterocycles. The molecule has 6 heteroatoms. The molecule has 0 fully saturated rings. The van der Waals surface area contributed by atoms with E-state index in [0.29, 0.717) is 12.4 Å². The van der Waals surface area contributed by atoms with Gasteiger partial charge in [0.25, 0.3) is 0 Å². The van der Waals surface area contributed by atoms with Gasteiger partial charge in [0, 0.05) is 18.1 Å². The molecule has 0 aliphatic rings. The molecule has 2 aromatic heterocycles. The Hall–Kier alpha value is -3.54. The molecule has 6 nitrogen and oxygen atoms in total. The van der Waals surface area contributed by atoms with Crippen molar-refractivity contribution >= 4 is 22.5 Å². The van der Waals surface area contributed by atoms with Gasteiger partial charge in [0.1, 0.15) is 11.6 Å². The molecule has 0 aliphatic carbocycles. The van der Waals surface area contributed by atoms with Crippen molar-refractivity contribution in [1.29, 1.82) is 0 Å². The second-order valence-corrected chi connectivity index (χ2v) is 6.00. The van der Waals surface area contributed by atoms with Crippen molar-refractivity contribution in [3.05, 3.63) is 66.4 Å². The van der Waals surface area contributed by atoms with Crippen LogP contribution in [0.2, 0.25) is 0 Å². The summed E-state index contributed by atoms with van der Waals surface area (Å²) in [7, 11) is 1.67. The number of aromatic nitrogens is 3. The first-order valence-electron chi connectivity index (χ1n) is 8.30. The lowest BCUT2D eigenvalue weighted by Crippen LogP contribution is -2.01. The smallest absolute Gasteiger partial charge is 0.153 e. The molecule has 2 aromatic carbocycles. The number of hydrogen-bond acceptors (Lipinski definition) is 5. The third-order valence-corrected chi connectivity index (χ3v) is 4.29. The summed E-state index contributed by atoms with van der Waals surface area (Å²) in [5, 5.41) is 11.2. The maximum atomic E-state index is 5.91. The SMILES string of the molecule is COc1cccc(CNc2cc(-c3ccc4[nH]nc(N)c4c3)ccn2)c1. The maximum Gasteiger partial charge on any atom is 0.153 e. The van der Waals surface area contributed by atoms with Crippen LogP contribution in [0, 0.1) is 0 Å². The Balaban J connectivity index is 1.56. The first-order chi connectivity index (χ1) is 12.7. The molecule has 0 spiro atoms. The zero-order valence-electron chi connectivity index (χ0n) is 14.4. The normalized spacial score (nSPS) is 10.8. The van der Waals surface area contributed by atoms with Gasteiger partial charge in [0.15, 0.2) is 5.82 Å². The largest absolute Gasteiger partial charge is 0.497 e. The van der Waals surface area contributed by atoms with E-state index in [1.165, 1.54) is 0 Å². The van der Waals surface area contributed by atoms with Crippen molar-refractivity contribution in [1.82, 2.24) is 15.2 Å². The van der Waals surface area contributed by atoms with Gasteiger partial charge in [-0.2, -0.15) is 5.10 Å². The molecule has 0 unspecified atom stereocenters. The van der Waals surface area contributed by atoms with E-state index < -0.39 is 0 Å². The van der Waals surface area contributed by atoms with Crippen LogP contribution in [-0.2, 0) is 6.54 Å². The highest BCUT2D eigenvalue weighted by Crippen LogP contribution is 2.27. The van der Waals surface area contributed by atoms with E-state index in [9.17, 15) is 0 Å². The first-order valence-corrected chi connectivity index (χ1v) is 8.30. The van der Waals surface area contributed by atoms with Gasteiger partial charge in [-0.3, -0.25) is 5.10 Å². The molecule has 0 radical (unpaired) electrons. The molecule has 0 saturated heterocycles. The zero-order chi connectivity index (χ0) is 17.9. The summed E-state index contributed by atoms with van der Waals surface area (Å²) in [4.78, 5) is 4.41. The number of methoxy groups -OCH3 is 1. The van der Waals surface area contributed by atoms with Crippen LogP contribution in [0.15, 0.2) is 60.8 Å². The van der Waals surface area contributed by atoms with E-state index in [1.807, 2.05) is 48.5 Å². The number of aromatic amines is 1. The molecule has 0 bridgehead atoms. The predicted octanol–water partition coefficient (Wildman–Crippen LogP) is 3.83. The Morgan fingerprint density at radius 1 is 1.08 bits per heavy atom. The third kappa shape index (κ3) is 3.17. The summed E-state index contributed by atoms with van der Waals surface area (Å²) in [5.41, 5.74) is 10.1. The molecule has 4 N–H and O–H groups in total. The number of ether oxygens (including phenoxy) is 1. The zero-order valence-corrected chi connectivity index (χ0v) is 14.4. The average molecular weight is 345 g/mol. The summed E-state index contributed by atoms with van der Waals surface area (Å²) < 4.78 is 5.26. The maximum absolute atomic E-state index is 5.91. The molecule has 0 saturated carbocycles. The number of nitrogens with zero attached hydrogens (tertiary/aromatic N) is 2. The van der Waals surface area contributed by atoms with Crippen LogP contribution in [0.25, 0.3) is 22.0 Å². The highest BCUT2D eigenvalue weighted by atomic mass is 16.5. The fourth-order valence-corrected chi connectivity index (χ4v) is 2.90. The number of benzene rings is 2. The number of hydrogen-bond donors (Lipinski definition) is 3. The summed E-state index contributed by atoms with van der Waals surface area (Å²) in [6.07, 6.45) is 1.80. The lowest BCUT2D eigenvalue weighted by atomic mass is 10.0. The summed E-state index contributed by atoms with van der Waals surface area (Å²) in [6, 6.07) is 18.0. The molecular weight excluding hydrogens is 326 g/mol. The number of nitrogens with two attached hydrogens (primary N) is 1. The third-order valence-electron chi connectivity index (χ3n) is 4.29.